The van der Waals surface area contributed by atoms with Crippen LogP contribution in [0.15, 0.2) is 47.9 Å². The third kappa shape index (κ3) is 5.06. The van der Waals surface area contributed by atoms with Crippen molar-refractivity contribution in [1.82, 2.24) is 19.7 Å². The molecule has 0 spiro atoms. The van der Waals surface area contributed by atoms with Crippen molar-refractivity contribution in [2.24, 2.45) is 5.41 Å². The molecule has 1 fully saturated rings. The highest BCUT2D eigenvalue weighted by molar-refractivity contribution is 6.03. The van der Waals surface area contributed by atoms with Crippen molar-refractivity contribution in [3.05, 3.63) is 53.5 Å². The summed E-state index contributed by atoms with van der Waals surface area (Å²) in [6, 6.07) is 5.74. The van der Waals surface area contributed by atoms with Crippen LogP contribution in [-0.2, 0) is 0 Å². The van der Waals surface area contributed by atoms with Gasteiger partial charge < -0.3 is 10.2 Å². The van der Waals surface area contributed by atoms with Crippen LogP contribution in [0.1, 0.15) is 75.7 Å². The third-order valence-corrected chi connectivity index (χ3v) is 7.10. The normalized spacial score (nSPS) is 20.1. The van der Waals surface area contributed by atoms with Crippen LogP contribution in [0.2, 0.25) is 0 Å². The van der Waals surface area contributed by atoms with Crippen molar-refractivity contribution in [2.45, 2.75) is 65.3 Å². The second kappa shape index (κ2) is 9.35. The van der Waals surface area contributed by atoms with E-state index in [1.54, 1.807) is 41.9 Å². The average Bonchev–Trinajstić information content (AvgIpc) is 3.22. The van der Waals surface area contributed by atoms with Crippen molar-refractivity contribution in [3.8, 4) is 0 Å². The first kappa shape index (κ1) is 21.8. The lowest BCUT2D eigenvalue weighted by Gasteiger charge is -2.37. The van der Waals surface area contributed by atoms with E-state index in [1.165, 1.54) is 25.7 Å². The first-order valence-corrected chi connectivity index (χ1v) is 11.6. The van der Waals surface area contributed by atoms with Gasteiger partial charge in [0.2, 0.25) is 0 Å². The van der Waals surface area contributed by atoms with Gasteiger partial charge in [-0.2, -0.15) is 5.10 Å². The minimum absolute atomic E-state index is 0.147. The largest absolute Gasteiger partial charge is 0.307 e. The summed E-state index contributed by atoms with van der Waals surface area (Å²) in [4.78, 5) is 19.1. The number of hydrogen-bond donors (Lipinski definition) is 1. The molecule has 4 rings (SSSR count). The van der Waals surface area contributed by atoms with Gasteiger partial charge in [0.1, 0.15) is 5.82 Å². The van der Waals surface area contributed by atoms with E-state index < -0.39 is 0 Å². The van der Waals surface area contributed by atoms with Crippen LogP contribution in [0, 0.1) is 5.41 Å². The van der Waals surface area contributed by atoms with Crippen LogP contribution in [-0.4, -0.2) is 45.2 Å². The van der Waals surface area contributed by atoms with E-state index >= 15 is 0 Å². The van der Waals surface area contributed by atoms with Crippen LogP contribution < -0.4 is 5.32 Å². The molecule has 31 heavy (non-hydrogen) atoms. The van der Waals surface area contributed by atoms with Gasteiger partial charge in [0.25, 0.3) is 5.91 Å². The summed E-state index contributed by atoms with van der Waals surface area (Å²) in [5.74, 6) is 0.614. The molecule has 1 aliphatic carbocycles. The minimum Gasteiger partial charge on any atom is -0.307 e. The van der Waals surface area contributed by atoms with Gasteiger partial charge in [0.05, 0.1) is 17.8 Å². The number of nitrogens with zero attached hydrogens (tertiary/aromatic N) is 4. The number of allylic oxidation sites excluding steroid dienone is 1. The zero-order chi connectivity index (χ0) is 21.8. The summed E-state index contributed by atoms with van der Waals surface area (Å²) in [5.41, 5.74) is 4.22. The highest BCUT2D eigenvalue weighted by Crippen LogP contribution is 2.42. The summed E-state index contributed by atoms with van der Waals surface area (Å²) in [6.07, 6.45) is 12.2. The van der Waals surface area contributed by atoms with Crippen LogP contribution in [0.5, 0.6) is 0 Å². The molecule has 0 aromatic carbocycles. The van der Waals surface area contributed by atoms with E-state index in [0.717, 1.165) is 38.3 Å². The van der Waals surface area contributed by atoms with Gasteiger partial charge in [-0.3, -0.25) is 9.78 Å². The zero-order valence-corrected chi connectivity index (χ0v) is 19.1. The fourth-order valence-electron chi connectivity index (χ4n) is 5.27. The van der Waals surface area contributed by atoms with Crippen molar-refractivity contribution in [1.29, 1.82) is 0 Å². The first-order valence-electron chi connectivity index (χ1n) is 11.6. The molecule has 0 saturated carbocycles. The summed E-state index contributed by atoms with van der Waals surface area (Å²) < 4.78 is 1.99. The van der Waals surface area contributed by atoms with E-state index in [0.29, 0.717) is 17.0 Å². The van der Waals surface area contributed by atoms with Gasteiger partial charge >= 0.3 is 0 Å². The number of amides is 1. The number of nitrogens with one attached hydrogen (secondary N) is 1. The number of hydrogen-bond acceptors (Lipinski definition) is 4. The molecule has 0 radical (unpaired) electrons. The van der Waals surface area contributed by atoms with Gasteiger partial charge in [-0.1, -0.05) is 25.0 Å². The number of rotatable bonds is 6. The molecule has 1 aliphatic heterocycles. The molecule has 2 aliphatic rings. The molecule has 1 saturated heterocycles. The molecule has 1 amide bonds. The highest BCUT2D eigenvalue weighted by Gasteiger charge is 2.29. The first-order chi connectivity index (χ1) is 14.9. The van der Waals surface area contributed by atoms with E-state index in [-0.39, 0.29) is 5.91 Å². The van der Waals surface area contributed by atoms with Crippen LogP contribution in [0.3, 0.4) is 0 Å². The Morgan fingerprint density at radius 2 is 2.03 bits per heavy atom. The minimum atomic E-state index is -0.147. The fourth-order valence-corrected chi connectivity index (χ4v) is 5.27. The Hall–Kier alpha value is -2.47. The molecule has 0 bridgehead atoms. The lowest BCUT2D eigenvalue weighted by Crippen LogP contribution is -2.37. The van der Waals surface area contributed by atoms with Gasteiger partial charge in [-0.05, 0) is 63.0 Å². The monoisotopic (exact) mass is 421 g/mol. The molecule has 3 heterocycles. The van der Waals surface area contributed by atoms with E-state index in [9.17, 15) is 4.79 Å². The smallest absolute Gasteiger partial charge is 0.258 e. The van der Waals surface area contributed by atoms with Crippen LogP contribution in [0.25, 0.3) is 0 Å². The third-order valence-electron chi connectivity index (χ3n) is 7.10. The molecular weight excluding hydrogens is 386 g/mol. The number of anilines is 1. The Labute approximate surface area is 185 Å². The summed E-state index contributed by atoms with van der Waals surface area (Å²) in [5, 5.41) is 7.52. The average molecular weight is 422 g/mol. The molecule has 0 unspecified atom stereocenters. The molecule has 6 heteroatoms. The summed E-state index contributed by atoms with van der Waals surface area (Å²) >= 11 is 0. The number of likely N-dealkylation sites (tertiary alicyclic amines) is 1. The molecular formula is C25H35N5O. The van der Waals surface area contributed by atoms with Crippen LogP contribution in [0.4, 0.5) is 5.82 Å². The Morgan fingerprint density at radius 3 is 2.74 bits per heavy atom. The lowest BCUT2D eigenvalue weighted by atomic mass is 9.71. The Morgan fingerprint density at radius 1 is 1.23 bits per heavy atom. The zero-order valence-electron chi connectivity index (χ0n) is 19.1. The molecule has 1 N–H and O–H groups in total. The van der Waals surface area contributed by atoms with Crippen molar-refractivity contribution < 1.29 is 4.79 Å². The molecule has 0 atom stereocenters. The number of piperidine rings is 1. The van der Waals surface area contributed by atoms with Gasteiger partial charge in [-0.25, -0.2) is 4.68 Å². The van der Waals surface area contributed by atoms with Crippen molar-refractivity contribution in [2.75, 3.05) is 25.0 Å². The lowest BCUT2D eigenvalue weighted by molar-refractivity contribution is 0.102. The van der Waals surface area contributed by atoms with Crippen molar-refractivity contribution in [3.63, 3.8) is 0 Å². The van der Waals surface area contributed by atoms with Crippen molar-refractivity contribution >= 4 is 11.7 Å². The quantitative estimate of drug-likeness (QED) is 0.661. The number of aromatic nitrogens is 3. The maximum Gasteiger partial charge on any atom is 0.258 e. The second-order valence-corrected chi connectivity index (χ2v) is 9.68. The van der Waals surface area contributed by atoms with E-state index in [2.05, 4.69) is 41.1 Å². The Kier molecular flexibility index (Phi) is 6.56. The second-order valence-electron chi connectivity index (χ2n) is 9.68. The maximum atomic E-state index is 12.5. The van der Waals surface area contributed by atoms with Gasteiger partial charge in [0, 0.05) is 38.1 Å². The standard InChI is InChI=1S/C25H35N5O/c1-19-6-4-12-25(2,3)22(19)11-17-29-15-9-21(10-16-29)30-23(8-14-27-30)28-24(31)20-7-5-13-26-18-20/h5,7-8,13-14,18,21H,4,6,9-12,15-17H2,1-3H3,(H,28,31). The Balaban J connectivity index is 1.32. The molecule has 2 aromatic rings. The van der Waals surface area contributed by atoms with Crippen LogP contribution >= 0.6 is 0 Å². The number of carbonyl (C=O) groups is 1. The predicted octanol–water partition coefficient (Wildman–Crippen LogP) is 5.08. The molecule has 166 valence electrons. The number of pyridine rings is 1. The topological polar surface area (TPSA) is 63.1 Å². The van der Waals surface area contributed by atoms with Gasteiger partial charge in [0.15, 0.2) is 0 Å². The summed E-state index contributed by atoms with van der Waals surface area (Å²) in [6.45, 7) is 10.5. The molecule has 6 nitrogen and oxygen atoms in total. The number of carbonyl (C=O) groups excluding carboxylic acids is 1. The predicted molar refractivity (Wildman–Crippen MR) is 124 cm³/mol. The maximum absolute atomic E-state index is 12.5. The van der Waals surface area contributed by atoms with E-state index in [4.69, 9.17) is 0 Å². The fraction of sp³-hybridized carbons (Fsp3) is 0.560. The summed E-state index contributed by atoms with van der Waals surface area (Å²) in [7, 11) is 0. The van der Waals surface area contributed by atoms with Gasteiger partial charge in [-0.15, -0.1) is 0 Å². The highest BCUT2D eigenvalue weighted by atomic mass is 16.1. The SMILES string of the molecule is CC1=C(CCN2CCC(n3nccc3NC(=O)c3cccnc3)CC2)C(C)(C)CCC1. The Bertz CT molecular complexity index is 922. The molecule has 2 aromatic heterocycles. The van der Waals surface area contributed by atoms with E-state index in [1.807, 2.05) is 10.7 Å².